The van der Waals surface area contributed by atoms with Crippen molar-refractivity contribution in [2.45, 2.75) is 20.3 Å². The standard InChI is InChI=1S/C14H19NO/c1-14(2,10-16)9-11-4-5-13-12(8-11)6-7-15(13)3/h4-8,16H,9-10H2,1-3H3. The Morgan fingerprint density at radius 1 is 1.25 bits per heavy atom. The third kappa shape index (κ3) is 2.12. The van der Waals surface area contributed by atoms with Gasteiger partial charge in [-0.2, -0.15) is 0 Å². The molecule has 86 valence electrons. The molecule has 0 fully saturated rings. The normalized spacial score (nSPS) is 12.2. The van der Waals surface area contributed by atoms with Crippen LogP contribution in [0.3, 0.4) is 0 Å². The van der Waals surface area contributed by atoms with E-state index in [4.69, 9.17) is 0 Å². The number of nitrogens with zero attached hydrogens (tertiary/aromatic N) is 1. The number of aliphatic hydroxyl groups is 1. The van der Waals surface area contributed by atoms with E-state index in [0.29, 0.717) is 0 Å². The molecule has 2 nitrogen and oxygen atoms in total. The highest BCUT2D eigenvalue weighted by Crippen LogP contribution is 2.24. The monoisotopic (exact) mass is 217 g/mol. The molecule has 0 unspecified atom stereocenters. The summed E-state index contributed by atoms with van der Waals surface area (Å²) in [7, 11) is 2.06. The molecular weight excluding hydrogens is 198 g/mol. The van der Waals surface area contributed by atoms with Crippen molar-refractivity contribution in [2.24, 2.45) is 12.5 Å². The van der Waals surface area contributed by atoms with Gasteiger partial charge in [0, 0.05) is 25.4 Å². The van der Waals surface area contributed by atoms with E-state index < -0.39 is 0 Å². The van der Waals surface area contributed by atoms with Gasteiger partial charge in [0.2, 0.25) is 0 Å². The first-order valence-electron chi connectivity index (χ1n) is 5.67. The maximum atomic E-state index is 9.27. The molecule has 1 N–H and O–H groups in total. The Labute approximate surface area is 96.5 Å². The van der Waals surface area contributed by atoms with Gasteiger partial charge in [-0.1, -0.05) is 19.9 Å². The van der Waals surface area contributed by atoms with Gasteiger partial charge in [-0.25, -0.2) is 0 Å². The molecule has 0 bridgehead atoms. The van der Waals surface area contributed by atoms with E-state index in [-0.39, 0.29) is 12.0 Å². The van der Waals surface area contributed by atoms with E-state index in [1.165, 1.54) is 16.5 Å². The van der Waals surface area contributed by atoms with Crippen LogP contribution in [-0.2, 0) is 13.5 Å². The molecule has 0 amide bonds. The van der Waals surface area contributed by atoms with Gasteiger partial charge in [-0.05, 0) is 41.0 Å². The lowest BCUT2D eigenvalue weighted by molar-refractivity contribution is 0.159. The van der Waals surface area contributed by atoms with Crippen molar-refractivity contribution < 1.29 is 5.11 Å². The average molecular weight is 217 g/mol. The number of aromatic nitrogens is 1. The van der Waals surface area contributed by atoms with Gasteiger partial charge >= 0.3 is 0 Å². The molecular formula is C14H19NO. The first kappa shape index (κ1) is 11.2. The summed E-state index contributed by atoms with van der Waals surface area (Å²) in [5.41, 5.74) is 2.51. The molecule has 0 saturated heterocycles. The largest absolute Gasteiger partial charge is 0.396 e. The number of hydrogen-bond acceptors (Lipinski definition) is 1. The third-order valence-electron chi connectivity index (χ3n) is 3.06. The molecule has 0 radical (unpaired) electrons. The summed E-state index contributed by atoms with van der Waals surface area (Å²) >= 11 is 0. The molecule has 0 aliphatic carbocycles. The molecule has 0 aliphatic rings. The smallest absolute Gasteiger partial charge is 0.0485 e. The van der Waals surface area contributed by atoms with E-state index in [9.17, 15) is 5.11 Å². The van der Waals surface area contributed by atoms with Crippen molar-refractivity contribution >= 4 is 10.9 Å². The highest BCUT2D eigenvalue weighted by molar-refractivity contribution is 5.80. The van der Waals surface area contributed by atoms with Crippen LogP contribution in [0.4, 0.5) is 0 Å². The van der Waals surface area contributed by atoms with E-state index in [1.54, 1.807) is 0 Å². The molecule has 1 aromatic heterocycles. The average Bonchev–Trinajstić information content (AvgIpc) is 2.60. The Balaban J connectivity index is 2.33. The van der Waals surface area contributed by atoms with Crippen LogP contribution in [0.5, 0.6) is 0 Å². The van der Waals surface area contributed by atoms with Crippen LogP contribution in [0.15, 0.2) is 30.5 Å². The number of aryl methyl sites for hydroxylation is 1. The lowest BCUT2D eigenvalue weighted by Crippen LogP contribution is -2.19. The van der Waals surface area contributed by atoms with Gasteiger partial charge in [0.05, 0.1) is 0 Å². The van der Waals surface area contributed by atoms with Crippen molar-refractivity contribution in [1.29, 1.82) is 0 Å². The summed E-state index contributed by atoms with van der Waals surface area (Å²) in [6.07, 6.45) is 2.99. The van der Waals surface area contributed by atoms with Crippen molar-refractivity contribution in [2.75, 3.05) is 6.61 Å². The lowest BCUT2D eigenvalue weighted by Gasteiger charge is -2.21. The van der Waals surface area contributed by atoms with Gasteiger partial charge in [-0.3, -0.25) is 0 Å². The lowest BCUT2D eigenvalue weighted by atomic mass is 9.86. The summed E-state index contributed by atoms with van der Waals surface area (Å²) in [5.74, 6) is 0. The quantitative estimate of drug-likeness (QED) is 0.840. The van der Waals surface area contributed by atoms with Crippen LogP contribution in [0, 0.1) is 5.41 Å². The molecule has 1 aromatic carbocycles. The third-order valence-corrected chi connectivity index (χ3v) is 3.06. The molecule has 1 heterocycles. The highest BCUT2D eigenvalue weighted by Gasteiger charge is 2.17. The first-order chi connectivity index (χ1) is 7.52. The fourth-order valence-electron chi connectivity index (χ4n) is 2.05. The fraction of sp³-hybridized carbons (Fsp3) is 0.429. The highest BCUT2D eigenvalue weighted by atomic mass is 16.3. The van der Waals surface area contributed by atoms with E-state index in [0.717, 1.165) is 6.42 Å². The first-order valence-corrected chi connectivity index (χ1v) is 5.67. The number of benzene rings is 1. The topological polar surface area (TPSA) is 25.2 Å². The van der Waals surface area contributed by atoms with E-state index >= 15 is 0 Å². The molecule has 0 atom stereocenters. The summed E-state index contributed by atoms with van der Waals surface area (Å²) in [4.78, 5) is 0. The van der Waals surface area contributed by atoms with Crippen LogP contribution < -0.4 is 0 Å². The zero-order chi connectivity index (χ0) is 11.8. The van der Waals surface area contributed by atoms with Crippen LogP contribution in [0.1, 0.15) is 19.4 Å². The predicted molar refractivity (Wildman–Crippen MR) is 67.5 cm³/mol. The van der Waals surface area contributed by atoms with Crippen molar-refractivity contribution in [3.63, 3.8) is 0 Å². The minimum atomic E-state index is -0.0392. The SMILES string of the molecule is Cn1ccc2cc(CC(C)(C)CO)ccc21. The summed E-state index contributed by atoms with van der Waals surface area (Å²) in [6, 6.07) is 8.65. The minimum absolute atomic E-state index is 0.0392. The summed E-state index contributed by atoms with van der Waals surface area (Å²) < 4.78 is 2.12. The molecule has 0 aliphatic heterocycles. The second-order valence-corrected chi connectivity index (χ2v) is 5.32. The Bertz CT molecular complexity index is 496. The van der Waals surface area contributed by atoms with Gasteiger partial charge in [0.1, 0.15) is 0 Å². The Kier molecular flexibility index (Phi) is 2.76. The molecule has 2 aromatic rings. The fourth-order valence-corrected chi connectivity index (χ4v) is 2.05. The number of rotatable bonds is 3. The van der Waals surface area contributed by atoms with Crippen LogP contribution in [0.2, 0.25) is 0 Å². The van der Waals surface area contributed by atoms with E-state index in [2.05, 4.69) is 55.9 Å². The van der Waals surface area contributed by atoms with Gasteiger partial charge in [-0.15, -0.1) is 0 Å². The molecule has 16 heavy (non-hydrogen) atoms. The number of hydrogen-bond donors (Lipinski definition) is 1. The summed E-state index contributed by atoms with van der Waals surface area (Å²) in [6.45, 7) is 4.39. The second kappa shape index (κ2) is 3.95. The number of fused-ring (bicyclic) bond motifs is 1. The van der Waals surface area contributed by atoms with Crippen molar-refractivity contribution in [3.8, 4) is 0 Å². The minimum Gasteiger partial charge on any atom is -0.396 e. The number of aliphatic hydroxyl groups excluding tert-OH is 1. The Morgan fingerprint density at radius 2 is 2.00 bits per heavy atom. The van der Waals surface area contributed by atoms with Crippen LogP contribution in [0.25, 0.3) is 10.9 Å². The Hall–Kier alpha value is -1.28. The maximum absolute atomic E-state index is 9.27. The maximum Gasteiger partial charge on any atom is 0.0485 e. The van der Waals surface area contributed by atoms with Crippen molar-refractivity contribution in [3.05, 3.63) is 36.0 Å². The van der Waals surface area contributed by atoms with Crippen LogP contribution >= 0.6 is 0 Å². The van der Waals surface area contributed by atoms with Crippen LogP contribution in [-0.4, -0.2) is 16.3 Å². The molecule has 2 rings (SSSR count). The second-order valence-electron chi connectivity index (χ2n) is 5.32. The van der Waals surface area contributed by atoms with Crippen molar-refractivity contribution in [1.82, 2.24) is 4.57 Å². The van der Waals surface area contributed by atoms with E-state index in [1.807, 2.05) is 0 Å². The molecule has 0 saturated carbocycles. The zero-order valence-corrected chi connectivity index (χ0v) is 10.2. The molecule has 0 spiro atoms. The van der Waals surface area contributed by atoms with Gasteiger partial charge in [0.25, 0.3) is 0 Å². The van der Waals surface area contributed by atoms with Gasteiger partial charge in [0.15, 0.2) is 0 Å². The summed E-state index contributed by atoms with van der Waals surface area (Å²) in [5, 5.41) is 10.5. The van der Waals surface area contributed by atoms with Gasteiger partial charge < -0.3 is 9.67 Å². The Morgan fingerprint density at radius 3 is 2.69 bits per heavy atom. The zero-order valence-electron chi connectivity index (χ0n) is 10.2. The molecule has 2 heteroatoms. The predicted octanol–water partition coefficient (Wildman–Crippen LogP) is 2.74.